The van der Waals surface area contributed by atoms with Gasteiger partial charge in [0.05, 0.1) is 5.56 Å². The molecule has 0 saturated heterocycles. The first-order chi connectivity index (χ1) is 5.00. The normalized spacial score (nSPS) is 11.6. The lowest BCUT2D eigenvalue weighted by molar-refractivity contribution is 0.0167. The van der Waals surface area contributed by atoms with E-state index in [1.165, 1.54) is 0 Å². The highest BCUT2D eigenvalue weighted by atomic mass is 79.9. The van der Waals surface area contributed by atoms with Gasteiger partial charge in [-0.25, -0.2) is 18.7 Å². The first-order valence-corrected chi connectivity index (χ1v) is 3.65. The van der Waals surface area contributed by atoms with Crippen molar-refractivity contribution in [3.05, 3.63) is 22.7 Å². The van der Waals surface area contributed by atoms with Gasteiger partial charge in [-0.05, 0) is 15.9 Å². The number of hydrogen-bond acceptors (Lipinski definition) is 2. The molecule has 1 rings (SSSR count). The highest BCUT2D eigenvalue weighted by Crippen LogP contribution is 2.25. The molecule has 0 bridgehead atoms. The Labute approximate surface area is 70.8 Å². The lowest BCUT2D eigenvalue weighted by atomic mass is 10.2. The number of hydrogen-bond donors (Lipinski definition) is 0. The van der Waals surface area contributed by atoms with Crippen LogP contribution in [0.4, 0.5) is 8.78 Å². The minimum absolute atomic E-state index is 0.180. The van der Waals surface area contributed by atoms with Crippen molar-refractivity contribution in [3.8, 4) is 0 Å². The lowest BCUT2D eigenvalue weighted by Crippen LogP contribution is -2.07. The van der Waals surface area contributed by atoms with Gasteiger partial charge in [-0.15, -0.1) is 0 Å². The Hall–Kier alpha value is -0.580. The van der Waals surface area contributed by atoms with E-state index in [0.717, 1.165) is 19.3 Å². The van der Waals surface area contributed by atoms with Crippen LogP contribution in [0.15, 0.2) is 17.1 Å². The highest BCUT2D eigenvalue weighted by Gasteiger charge is 2.24. The molecule has 1 aromatic heterocycles. The summed E-state index contributed by atoms with van der Waals surface area (Å²) < 4.78 is 25.3. The van der Waals surface area contributed by atoms with Crippen LogP contribution < -0.4 is 0 Å². The third kappa shape index (κ3) is 2.18. The summed E-state index contributed by atoms with van der Waals surface area (Å²) >= 11 is 2.95. The van der Waals surface area contributed by atoms with Crippen LogP contribution in [0.2, 0.25) is 0 Å². The third-order valence-corrected chi connectivity index (χ3v) is 1.54. The molecule has 5 heteroatoms. The maximum atomic E-state index is 12.5. The molecule has 0 amide bonds. The molecule has 0 aliphatic heterocycles. The zero-order valence-corrected chi connectivity index (χ0v) is 7.27. The summed E-state index contributed by atoms with van der Waals surface area (Å²) in [5.41, 5.74) is -0.180. The van der Waals surface area contributed by atoms with Gasteiger partial charge in [-0.2, -0.15) is 0 Å². The molecule has 0 aliphatic carbocycles. The molecule has 0 aromatic carbocycles. The van der Waals surface area contributed by atoms with Crippen molar-refractivity contribution in [2.24, 2.45) is 0 Å². The Morgan fingerprint density at radius 1 is 1.36 bits per heavy atom. The van der Waals surface area contributed by atoms with Gasteiger partial charge in [0, 0.05) is 19.3 Å². The SMILES string of the molecule is CC(F)(F)c1cnc(Br)nc1. The van der Waals surface area contributed by atoms with E-state index in [1.807, 2.05) is 0 Å². The molecular weight excluding hydrogens is 218 g/mol. The number of alkyl halides is 2. The van der Waals surface area contributed by atoms with Gasteiger partial charge in [0.2, 0.25) is 0 Å². The smallest absolute Gasteiger partial charge is 0.230 e. The van der Waals surface area contributed by atoms with Gasteiger partial charge in [0.1, 0.15) is 0 Å². The predicted octanol–water partition coefficient (Wildman–Crippen LogP) is 2.35. The zero-order valence-electron chi connectivity index (χ0n) is 5.68. The Kier molecular flexibility index (Phi) is 2.17. The summed E-state index contributed by atoms with van der Waals surface area (Å²) in [6.45, 7) is 0.805. The van der Waals surface area contributed by atoms with Crippen molar-refractivity contribution < 1.29 is 8.78 Å². The first-order valence-electron chi connectivity index (χ1n) is 2.86. The van der Waals surface area contributed by atoms with Crippen LogP contribution in [0.25, 0.3) is 0 Å². The summed E-state index contributed by atoms with van der Waals surface area (Å²) in [4.78, 5) is 7.14. The molecule has 0 unspecified atom stereocenters. The van der Waals surface area contributed by atoms with Gasteiger partial charge in [0.25, 0.3) is 5.92 Å². The number of aromatic nitrogens is 2. The Balaban J connectivity index is 2.99. The van der Waals surface area contributed by atoms with E-state index >= 15 is 0 Å². The van der Waals surface area contributed by atoms with Crippen LogP contribution in [0.1, 0.15) is 12.5 Å². The second kappa shape index (κ2) is 2.81. The fraction of sp³-hybridized carbons (Fsp3) is 0.333. The molecule has 11 heavy (non-hydrogen) atoms. The molecule has 0 fully saturated rings. The summed E-state index contributed by atoms with van der Waals surface area (Å²) in [5.74, 6) is -2.86. The van der Waals surface area contributed by atoms with E-state index in [4.69, 9.17) is 0 Å². The van der Waals surface area contributed by atoms with Crippen molar-refractivity contribution in [1.29, 1.82) is 0 Å². The summed E-state index contributed by atoms with van der Waals surface area (Å²) in [5, 5.41) is 0. The van der Waals surface area contributed by atoms with E-state index in [9.17, 15) is 8.78 Å². The van der Waals surface area contributed by atoms with Crippen molar-refractivity contribution in [2.75, 3.05) is 0 Å². The average Bonchev–Trinajstić information content (AvgIpc) is 1.86. The van der Waals surface area contributed by atoms with Gasteiger partial charge >= 0.3 is 0 Å². The monoisotopic (exact) mass is 222 g/mol. The Morgan fingerprint density at radius 3 is 2.18 bits per heavy atom. The van der Waals surface area contributed by atoms with Crippen molar-refractivity contribution in [3.63, 3.8) is 0 Å². The van der Waals surface area contributed by atoms with E-state index in [-0.39, 0.29) is 5.56 Å². The van der Waals surface area contributed by atoms with E-state index in [2.05, 4.69) is 25.9 Å². The minimum Gasteiger partial charge on any atom is -0.230 e. The van der Waals surface area contributed by atoms with E-state index in [0.29, 0.717) is 4.73 Å². The van der Waals surface area contributed by atoms with Crippen LogP contribution >= 0.6 is 15.9 Å². The Bertz CT molecular complexity index is 242. The van der Waals surface area contributed by atoms with Gasteiger partial charge in [-0.3, -0.25) is 0 Å². The molecule has 0 atom stereocenters. The van der Waals surface area contributed by atoms with Crippen LogP contribution in [0.3, 0.4) is 0 Å². The van der Waals surface area contributed by atoms with E-state index < -0.39 is 5.92 Å². The van der Waals surface area contributed by atoms with Crippen molar-refractivity contribution >= 4 is 15.9 Å². The highest BCUT2D eigenvalue weighted by molar-refractivity contribution is 9.10. The molecule has 0 aliphatic rings. The molecule has 0 saturated carbocycles. The summed E-state index contributed by atoms with van der Waals surface area (Å²) in [7, 11) is 0. The molecule has 1 aromatic rings. The fourth-order valence-corrected chi connectivity index (χ4v) is 0.744. The topological polar surface area (TPSA) is 25.8 Å². The molecule has 0 N–H and O–H groups in total. The summed E-state index contributed by atoms with van der Waals surface area (Å²) in [6, 6.07) is 0. The fourth-order valence-electron chi connectivity index (χ4n) is 0.539. The van der Waals surface area contributed by atoms with Gasteiger partial charge in [-0.1, -0.05) is 0 Å². The average molecular weight is 223 g/mol. The molecule has 60 valence electrons. The van der Waals surface area contributed by atoms with Crippen LogP contribution in [0.5, 0.6) is 0 Å². The number of nitrogens with zero attached hydrogens (tertiary/aromatic N) is 2. The third-order valence-electron chi connectivity index (χ3n) is 1.13. The van der Waals surface area contributed by atoms with Crippen LogP contribution in [-0.2, 0) is 5.92 Å². The first kappa shape index (κ1) is 8.52. The van der Waals surface area contributed by atoms with Crippen LogP contribution in [0, 0.1) is 0 Å². The maximum Gasteiger partial charge on any atom is 0.273 e. The Morgan fingerprint density at radius 2 is 1.82 bits per heavy atom. The maximum absolute atomic E-state index is 12.5. The largest absolute Gasteiger partial charge is 0.273 e. The number of rotatable bonds is 1. The molecule has 0 spiro atoms. The predicted molar refractivity (Wildman–Crippen MR) is 39.3 cm³/mol. The quantitative estimate of drug-likeness (QED) is 0.683. The van der Waals surface area contributed by atoms with Gasteiger partial charge < -0.3 is 0 Å². The standard InChI is InChI=1S/C6H5BrF2N2/c1-6(8,9)4-2-10-5(7)11-3-4/h2-3H,1H3. The summed E-state index contributed by atoms with van der Waals surface area (Å²) in [6.07, 6.45) is 2.19. The molecule has 0 radical (unpaired) electrons. The van der Waals surface area contributed by atoms with Crippen LogP contribution in [-0.4, -0.2) is 9.97 Å². The lowest BCUT2D eigenvalue weighted by Gasteiger charge is -2.07. The van der Waals surface area contributed by atoms with Gasteiger partial charge in [0.15, 0.2) is 4.73 Å². The van der Waals surface area contributed by atoms with E-state index in [1.54, 1.807) is 0 Å². The second-order valence-corrected chi connectivity index (χ2v) is 2.84. The van der Waals surface area contributed by atoms with Crippen molar-refractivity contribution in [1.82, 2.24) is 9.97 Å². The van der Waals surface area contributed by atoms with Crippen molar-refractivity contribution in [2.45, 2.75) is 12.8 Å². The number of halogens is 3. The molecule has 2 nitrogen and oxygen atoms in total. The second-order valence-electron chi connectivity index (χ2n) is 2.13. The zero-order chi connectivity index (χ0) is 8.48. The molecular formula is C6H5BrF2N2. The minimum atomic E-state index is -2.86. The molecule has 1 heterocycles.